The van der Waals surface area contributed by atoms with Crippen LogP contribution in [0.3, 0.4) is 0 Å². The highest BCUT2D eigenvalue weighted by Gasteiger charge is 2.05. The summed E-state index contributed by atoms with van der Waals surface area (Å²) in [4.78, 5) is 29.5. The van der Waals surface area contributed by atoms with Crippen LogP contribution >= 0.6 is 0 Å². The van der Waals surface area contributed by atoms with Gasteiger partial charge in [-0.05, 0) is 0 Å². The number of hydrogen-bond acceptors (Lipinski definition) is 3. The highest BCUT2D eigenvalue weighted by Crippen LogP contribution is 1.76. The van der Waals surface area contributed by atoms with E-state index in [-0.39, 0.29) is 0 Å². The van der Waals surface area contributed by atoms with E-state index in [1.54, 1.807) is 0 Å². The third kappa shape index (κ3) is 3.36. The predicted octanol–water partition coefficient (Wildman–Crippen LogP) is -0.719. The summed E-state index contributed by atoms with van der Waals surface area (Å²) in [5, 5.41) is 15.8. The molecule has 0 amide bonds. The van der Waals surface area contributed by atoms with Gasteiger partial charge in [0.05, 0.1) is 0 Å². The van der Waals surface area contributed by atoms with Crippen molar-refractivity contribution in [3.8, 4) is 0 Å². The second-order valence-corrected chi connectivity index (χ2v) is 1.34. The zero-order chi connectivity index (χ0) is 8.15. The lowest BCUT2D eigenvalue weighted by Gasteiger charge is -1.80. The highest BCUT2D eigenvalue weighted by atomic mass is 16.4. The monoisotopic (exact) mass is 144 g/mol. The van der Waals surface area contributed by atoms with Crippen molar-refractivity contribution >= 4 is 17.7 Å². The van der Waals surface area contributed by atoms with E-state index in [4.69, 9.17) is 10.2 Å². The van der Waals surface area contributed by atoms with Crippen molar-refractivity contribution in [1.29, 1.82) is 0 Å². The van der Waals surface area contributed by atoms with E-state index in [0.29, 0.717) is 12.2 Å². The summed E-state index contributed by atoms with van der Waals surface area (Å²) in [6.07, 6.45) is 0.946. The smallest absolute Gasteiger partial charge is 0.376 e. The molecule has 0 aromatic rings. The SMILES string of the molecule is O=C(O)/C=C/C(=O)C(=O)O. The Morgan fingerprint density at radius 3 is 1.80 bits per heavy atom. The molecule has 0 unspecified atom stereocenters. The maximum atomic E-state index is 10.1. The van der Waals surface area contributed by atoms with Crippen LogP contribution in [0.1, 0.15) is 0 Å². The van der Waals surface area contributed by atoms with Gasteiger partial charge >= 0.3 is 11.9 Å². The van der Waals surface area contributed by atoms with Crippen LogP contribution in [0.15, 0.2) is 12.2 Å². The van der Waals surface area contributed by atoms with Crippen LogP contribution in [-0.2, 0) is 14.4 Å². The molecule has 54 valence electrons. The van der Waals surface area contributed by atoms with Gasteiger partial charge in [0.2, 0.25) is 0 Å². The number of ketones is 1. The Labute approximate surface area is 55.6 Å². The molecule has 0 radical (unpaired) electrons. The van der Waals surface area contributed by atoms with Crippen LogP contribution in [0.25, 0.3) is 0 Å². The van der Waals surface area contributed by atoms with Gasteiger partial charge in [-0.1, -0.05) is 0 Å². The van der Waals surface area contributed by atoms with Gasteiger partial charge in [-0.3, -0.25) is 4.79 Å². The molecule has 0 aromatic heterocycles. The summed E-state index contributed by atoms with van der Waals surface area (Å²) in [6, 6.07) is 0. The molecule has 0 fully saturated rings. The van der Waals surface area contributed by atoms with Gasteiger partial charge in [0.1, 0.15) is 0 Å². The third-order valence-electron chi connectivity index (χ3n) is 0.588. The number of hydrogen-bond donors (Lipinski definition) is 2. The van der Waals surface area contributed by atoms with Gasteiger partial charge in [-0.2, -0.15) is 0 Å². The lowest BCUT2D eigenvalue weighted by atomic mass is 10.3. The molecule has 0 rings (SSSR count). The van der Waals surface area contributed by atoms with Gasteiger partial charge in [0.25, 0.3) is 5.78 Å². The van der Waals surface area contributed by atoms with Crippen LogP contribution in [0.2, 0.25) is 0 Å². The number of carbonyl (C=O) groups excluding carboxylic acids is 1. The maximum Gasteiger partial charge on any atom is 0.376 e. The van der Waals surface area contributed by atoms with Crippen LogP contribution in [0.4, 0.5) is 0 Å². The molecule has 0 saturated heterocycles. The zero-order valence-electron chi connectivity index (χ0n) is 4.77. The number of carboxylic acid groups (broad SMARTS) is 2. The molecule has 0 aromatic carbocycles. The van der Waals surface area contributed by atoms with Crippen molar-refractivity contribution in [1.82, 2.24) is 0 Å². The number of rotatable bonds is 3. The summed E-state index contributed by atoms with van der Waals surface area (Å²) in [7, 11) is 0. The minimum atomic E-state index is -1.67. The van der Waals surface area contributed by atoms with E-state index in [0.717, 1.165) is 0 Å². The standard InChI is InChI=1S/C5H4O5/c6-3(5(9)10)1-2-4(7)8/h1-2H,(H,7,8)(H,9,10)/b2-1+. The fourth-order valence-electron chi connectivity index (χ4n) is 0.218. The Morgan fingerprint density at radius 1 is 1.00 bits per heavy atom. The van der Waals surface area contributed by atoms with E-state index >= 15 is 0 Å². The Hall–Kier alpha value is -1.65. The topological polar surface area (TPSA) is 91.7 Å². The first-order valence-corrected chi connectivity index (χ1v) is 2.22. The number of carboxylic acids is 2. The molecular weight excluding hydrogens is 140 g/mol. The van der Waals surface area contributed by atoms with E-state index < -0.39 is 17.7 Å². The molecule has 10 heavy (non-hydrogen) atoms. The van der Waals surface area contributed by atoms with Crippen molar-refractivity contribution in [3.05, 3.63) is 12.2 Å². The van der Waals surface area contributed by atoms with Crippen LogP contribution in [0.5, 0.6) is 0 Å². The van der Waals surface area contributed by atoms with Gasteiger partial charge in [-0.25, -0.2) is 9.59 Å². The van der Waals surface area contributed by atoms with Crippen molar-refractivity contribution in [2.45, 2.75) is 0 Å². The van der Waals surface area contributed by atoms with Crippen LogP contribution < -0.4 is 0 Å². The minimum absolute atomic E-state index is 0.469. The first-order valence-electron chi connectivity index (χ1n) is 2.22. The zero-order valence-corrected chi connectivity index (χ0v) is 4.77. The third-order valence-corrected chi connectivity index (χ3v) is 0.588. The van der Waals surface area contributed by atoms with E-state index in [2.05, 4.69) is 0 Å². The summed E-state index contributed by atoms with van der Waals surface area (Å²) in [5.41, 5.74) is 0. The maximum absolute atomic E-state index is 10.1. The normalized spacial score (nSPS) is 9.60. The predicted molar refractivity (Wildman–Crippen MR) is 29.4 cm³/mol. The molecule has 0 aliphatic heterocycles. The van der Waals surface area contributed by atoms with Crippen LogP contribution in [-0.4, -0.2) is 27.9 Å². The van der Waals surface area contributed by atoms with Crippen LogP contribution in [0, 0.1) is 0 Å². The largest absolute Gasteiger partial charge is 0.478 e. The fourth-order valence-corrected chi connectivity index (χ4v) is 0.218. The number of carbonyl (C=O) groups is 3. The van der Waals surface area contributed by atoms with E-state index in [1.807, 2.05) is 0 Å². The lowest BCUT2D eigenvalue weighted by molar-refractivity contribution is -0.146. The van der Waals surface area contributed by atoms with E-state index in [1.165, 1.54) is 0 Å². The molecule has 0 heterocycles. The molecule has 2 N–H and O–H groups in total. The molecule has 0 atom stereocenters. The van der Waals surface area contributed by atoms with Gasteiger partial charge in [-0.15, -0.1) is 0 Å². The minimum Gasteiger partial charge on any atom is -0.478 e. The molecular formula is C5H4O5. The highest BCUT2D eigenvalue weighted by molar-refractivity contribution is 6.37. The quantitative estimate of drug-likeness (QED) is 0.403. The molecule has 5 heteroatoms. The average Bonchev–Trinajstić information content (AvgIpc) is 1.82. The molecule has 5 nitrogen and oxygen atoms in total. The van der Waals surface area contributed by atoms with Gasteiger partial charge in [0.15, 0.2) is 0 Å². The second kappa shape index (κ2) is 3.39. The Kier molecular flexibility index (Phi) is 2.83. The molecule has 0 bridgehead atoms. The summed E-state index contributed by atoms with van der Waals surface area (Å²) in [6.45, 7) is 0. The Balaban J connectivity index is 4.03. The fraction of sp³-hybridized carbons (Fsp3) is 0. The molecule has 0 aliphatic rings. The average molecular weight is 144 g/mol. The summed E-state index contributed by atoms with van der Waals surface area (Å²) in [5.74, 6) is -4.27. The Bertz CT molecular complexity index is 202. The first kappa shape index (κ1) is 8.35. The van der Waals surface area contributed by atoms with Crippen molar-refractivity contribution < 1.29 is 24.6 Å². The molecule has 0 saturated carbocycles. The molecule has 0 aliphatic carbocycles. The summed E-state index contributed by atoms with van der Waals surface area (Å²) < 4.78 is 0. The number of aliphatic carboxylic acids is 2. The molecule has 0 spiro atoms. The van der Waals surface area contributed by atoms with Gasteiger partial charge < -0.3 is 10.2 Å². The lowest BCUT2D eigenvalue weighted by Crippen LogP contribution is -2.09. The van der Waals surface area contributed by atoms with E-state index in [9.17, 15) is 14.4 Å². The Morgan fingerprint density at radius 2 is 1.50 bits per heavy atom. The first-order chi connectivity index (χ1) is 4.54. The van der Waals surface area contributed by atoms with Crippen molar-refractivity contribution in [2.24, 2.45) is 0 Å². The summed E-state index contributed by atoms with van der Waals surface area (Å²) >= 11 is 0. The van der Waals surface area contributed by atoms with Gasteiger partial charge in [0, 0.05) is 12.2 Å². The van der Waals surface area contributed by atoms with Crippen molar-refractivity contribution in [2.75, 3.05) is 0 Å². The second-order valence-electron chi connectivity index (χ2n) is 1.34. The van der Waals surface area contributed by atoms with Crippen molar-refractivity contribution in [3.63, 3.8) is 0 Å².